The van der Waals surface area contributed by atoms with Gasteiger partial charge in [-0.1, -0.05) is 90.2 Å². The van der Waals surface area contributed by atoms with Gasteiger partial charge in [-0.2, -0.15) is 0 Å². The van der Waals surface area contributed by atoms with E-state index in [0.717, 1.165) is 28.3 Å². The van der Waals surface area contributed by atoms with Gasteiger partial charge in [-0.3, -0.25) is 10.1 Å². The number of hydrogen-bond acceptors (Lipinski definition) is 5. The van der Waals surface area contributed by atoms with E-state index in [1.165, 1.54) is 28.7 Å². The molecule has 0 aliphatic heterocycles. The number of thioether (sulfide) groups is 1. The Hall–Kier alpha value is -2.96. The zero-order valence-electron chi connectivity index (χ0n) is 16.3. The molecule has 0 fully saturated rings. The molecular weight excluding hydrogens is 410 g/mol. The minimum absolute atomic E-state index is 0.0965. The van der Waals surface area contributed by atoms with Crippen LogP contribution in [-0.4, -0.2) is 16.1 Å². The van der Waals surface area contributed by atoms with Crippen molar-refractivity contribution < 1.29 is 4.79 Å². The van der Waals surface area contributed by atoms with Crippen LogP contribution in [0.3, 0.4) is 0 Å². The highest BCUT2D eigenvalue weighted by molar-refractivity contribution is 8.00. The van der Waals surface area contributed by atoms with E-state index < -0.39 is 0 Å². The summed E-state index contributed by atoms with van der Waals surface area (Å²) in [7, 11) is 0. The van der Waals surface area contributed by atoms with Crippen LogP contribution in [0.5, 0.6) is 0 Å². The second-order valence-corrected chi connectivity index (χ2v) is 8.94. The summed E-state index contributed by atoms with van der Waals surface area (Å²) in [4.78, 5) is 14.2. The van der Waals surface area contributed by atoms with Gasteiger partial charge < -0.3 is 0 Å². The van der Waals surface area contributed by atoms with E-state index in [9.17, 15) is 4.79 Å². The molecule has 1 N–H and O–H groups in total. The van der Waals surface area contributed by atoms with Crippen LogP contribution in [0.15, 0.2) is 95.9 Å². The molecule has 1 aromatic heterocycles. The van der Waals surface area contributed by atoms with Crippen molar-refractivity contribution in [3.8, 4) is 0 Å². The van der Waals surface area contributed by atoms with Crippen molar-refractivity contribution in [1.82, 2.24) is 10.2 Å². The van der Waals surface area contributed by atoms with Gasteiger partial charge in [0, 0.05) is 11.3 Å². The van der Waals surface area contributed by atoms with Crippen molar-refractivity contribution in [1.29, 1.82) is 0 Å². The molecule has 0 radical (unpaired) electrons. The fraction of sp³-hybridized carbons (Fsp3) is 0.125. The van der Waals surface area contributed by atoms with E-state index >= 15 is 0 Å². The number of hydrogen-bond donors (Lipinski definition) is 1. The first-order valence-electron chi connectivity index (χ1n) is 9.72. The highest BCUT2D eigenvalue weighted by atomic mass is 32.2. The molecule has 30 heavy (non-hydrogen) atoms. The Labute approximate surface area is 184 Å². The third kappa shape index (κ3) is 5.55. The number of rotatable bonds is 8. The Morgan fingerprint density at radius 2 is 1.47 bits per heavy atom. The van der Waals surface area contributed by atoms with Crippen molar-refractivity contribution in [2.75, 3.05) is 5.32 Å². The third-order valence-electron chi connectivity index (χ3n) is 4.50. The molecular formula is C24H21N3OS2. The summed E-state index contributed by atoms with van der Waals surface area (Å²) in [6.45, 7) is 0. The second kappa shape index (κ2) is 10.2. The van der Waals surface area contributed by atoms with Crippen molar-refractivity contribution in [3.05, 3.63) is 107 Å². The third-order valence-corrected chi connectivity index (χ3v) is 6.67. The van der Waals surface area contributed by atoms with Crippen LogP contribution in [-0.2, 0) is 17.6 Å². The lowest BCUT2D eigenvalue weighted by Crippen LogP contribution is -2.18. The Morgan fingerprint density at radius 3 is 2.17 bits per heavy atom. The number of aromatic nitrogens is 2. The molecule has 3 aromatic carbocycles. The number of anilines is 1. The lowest BCUT2D eigenvalue weighted by molar-refractivity contribution is -0.115. The lowest BCUT2D eigenvalue weighted by Gasteiger charge is -2.16. The Bertz CT molecular complexity index is 1070. The highest BCUT2D eigenvalue weighted by Gasteiger charge is 2.23. The fourth-order valence-electron chi connectivity index (χ4n) is 3.01. The average Bonchev–Trinajstić information content (AvgIpc) is 3.25. The fourth-order valence-corrected chi connectivity index (χ4v) is 4.80. The van der Waals surface area contributed by atoms with Crippen LogP contribution < -0.4 is 5.32 Å². The SMILES string of the molecule is O=C(Nc1nnc(CCc2ccccc2)s1)C(Sc1ccccc1)c1ccccc1. The van der Waals surface area contributed by atoms with Gasteiger partial charge >= 0.3 is 0 Å². The first kappa shape index (κ1) is 20.3. The molecule has 1 heterocycles. The molecule has 0 aliphatic rings. The minimum atomic E-state index is -0.370. The van der Waals surface area contributed by atoms with Gasteiger partial charge in [0.25, 0.3) is 0 Å². The number of carbonyl (C=O) groups excluding carboxylic acids is 1. The number of aryl methyl sites for hydroxylation is 2. The molecule has 150 valence electrons. The van der Waals surface area contributed by atoms with Crippen molar-refractivity contribution in [2.24, 2.45) is 0 Å². The Kier molecular flexibility index (Phi) is 6.90. The zero-order valence-corrected chi connectivity index (χ0v) is 17.9. The number of nitrogens with one attached hydrogen (secondary N) is 1. The standard InChI is InChI=1S/C24H21N3OS2/c28-23(22(19-12-6-2-7-13-19)29-20-14-8-3-9-15-20)25-24-27-26-21(30-24)17-16-18-10-4-1-5-11-18/h1-15,22H,16-17H2,(H,25,27,28). The van der Waals surface area contributed by atoms with E-state index in [1.807, 2.05) is 78.9 Å². The number of carbonyl (C=O) groups is 1. The molecule has 6 heteroatoms. The van der Waals surface area contributed by atoms with E-state index in [0.29, 0.717) is 5.13 Å². The summed E-state index contributed by atoms with van der Waals surface area (Å²) in [6.07, 6.45) is 1.71. The highest BCUT2D eigenvalue weighted by Crippen LogP contribution is 2.36. The van der Waals surface area contributed by atoms with Crippen LogP contribution in [0.25, 0.3) is 0 Å². The number of benzene rings is 3. The quantitative estimate of drug-likeness (QED) is 0.359. The maximum absolute atomic E-state index is 13.1. The molecule has 4 rings (SSSR count). The maximum atomic E-state index is 13.1. The van der Waals surface area contributed by atoms with E-state index in [-0.39, 0.29) is 11.2 Å². The largest absolute Gasteiger partial charge is 0.299 e. The first-order valence-corrected chi connectivity index (χ1v) is 11.4. The molecule has 1 atom stereocenters. The molecule has 4 nitrogen and oxygen atoms in total. The predicted molar refractivity (Wildman–Crippen MR) is 124 cm³/mol. The van der Waals surface area contributed by atoms with E-state index in [1.54, 1.807) is 0 Å². The Morgan fingerprint density at radius 1 is 0.833 bits per heavy atom. The molecule has 0 bridgehead atoms. The second-order valence-electron chi connectivity index (χ2n) is 6.70. The topological polar surface area (TPSA) is 54.9 Å². The van der Waals surface area contributed by atoms with Crippen molar-refractivity contribution in [2.45, 2.75) is 23.0 Å². The van der Waals surface area contributed by atoms with Crippen LogP contribution in [0.4, 0.5) is 5.13 Å². The Balaban J connectivity index is 1.44. The summed E-state index contributed by atoms with van der Waals surface area (Å²) in [5, 5.41) is 12.5. The first-order chi connectivity index (χ1) is 14.8. The maximum Gasteiger partial charge on any atom is 0.244 e. The molecule has 1 unspecified atom stereocenters. The van der Waals surface area contributed by atoms with E-state index in [2.05, 4.69) is 27.6 Å². The van der Waals surface area contributed by atoms with Gasteiger partial charge in [0.05, 0.1) is 0 Å². The van der Waals surface area contributed by atoms with Crippen LogP contribution in [0.2, 0.25) is 0 Å². The predicted octanol–water partition coefficient (Wildman–Crippen LogP) is 5.80. The van der Waals surface area contributed by atoms with Gasteiger partial charge in [0.2, 0.25) is 11.0 Å². The monoisotopic (exact) mass is 431 g/mol. The smallest absolute Gasteiger partial charge is 0.244 e. The molecule has 0 spiro atoms. The van der Waals surface area contributed by atoms with Crippen molar-refractivity contribution in [3.63, 3.8) is 0 Å². The van der Waals surface area contributed by atoms with Gasteiger partial charge in [0.1, 0.15) is 10.3 Å². The van der Waals surface area contributed by atoms with Crippen LogP contribution in [0, 0.1) is 0 Å². The van der Waals surface area contributed by atoms with Gasteiger partial charge in [-0.15, -0.1) is 22.0 Å². The summed E-state index contributed by atoms with van der Waals surface area (Å²) in [5.74, 6) is -0.0965. The average molecular weight is 432 g/mol. The number of nitrogens with zero attached hydrogens (tertiary/aromatic N) is 2. The number of amides is 1. The summed E-state index contributed by atoms with van der Waals surface area (Å²) >= 11 is 2.96. The summed E-state index contributed by atoms with van der Waals surface area (Å²) in [5.41, 5.74) is 2.22. The summed E-state index contributed by atoms with van der Waals surface area (Å²) < 4.78 is 0. The lowest BCUT2D eigenvalue weighted by atomic mass is 10.1. The van der Waals surface area contributed by atoms with Gasteiger partial charge in [0.15, 0.2) is 0 Å². The minimum Gasteiger partial charge on any atom is -0.299 e. The molecule has 0 saturated carbocycles. The molecule has 4 aromatic rings. The molecule has 0 aliphatic carbocycles. The van der Waals surface area contributed by atoms with E-state index in [4.69, 9.17) is 0 Å². The van der Waals surface area contributed by atoms with Gasteiger partial charge in [-0.25, -0.2) is 0 Å². The van der Waals surface area contributed by atoms with Gasteiger partial charge in [-0.05, 0) is 29.7 Å². The summed E-state index contributed by atoms with van der Waals surface area (Å²) in [6, 6.07) is 30.1. The van der Waals surface area contributed by atoms with Crippen LogP contribution in [0.1, 0.15) is 21.4 Å². The normalized spacial score (nSPS) is 11.7. The zero-order chi connectivity index (χ0) is 20.6. The van der Waals surface area contributed by atoms with Crippen LogP contribution >= 0.6 is 23.1 Å². The molecule has 0 saturated heterocycles. The molecule has 1 amide bonds. The van der Waals surface area contributed by atoms with Crippen molar-refractivity contribution >= 4 is 34.1 Å².